The summed E-state index contributed by atoms with van der Waals surface area (Å²) in [6.45, 7) is 0.597. The molecule has 2 rings (SSSR count). The molecule has 6 nitrogen and oxygen atoms in total. The Labute approximate surface area is 91.5 Å². The van der Waals surface area contributed by atoms with Crippen molar-refractivity contribution in [3.8, 4) is 0 Å². The van der Waals surface area contributed by atoms with E-state index in [2.05, 4.69) is 4.98 Å². The predicted octanol–water partition coefficient (Wildman–Crippen LogP) is -0.751. The first-order valence-corrected chi connectivity index (χ1v) is 5.26. The molecule has 0 bridgehead atoms. The molecule has 16 heavy (non-hydrogen) atoms. The molecule has 0 aliphatic carbocycles. The lowest BCUT2D eigenvalue weighted by atomic mass is 10.1. The molecule has 1 aliphatic heterocycles. The smallest absolute Gasteiger partial charge is 0.328 e. The second-order valence-electron chi connectivity index (χ2n) is 3.79. The van der Waals surface area contributed by atoms with Gasteiger partial charge in [-0.1, -0.05) is 0 Å². The standard InChI is InChI=1S/C10H14N2O4/c13-5-2-8-7(3-6-16-8)12-4-1-9(14)11-10(12)15/h1,4,7-8,13H,2-3,5-6H2,(H,11,14,15)/t7-,8-/m1/s1. The van der Waals surface area contributed by atoms with E-state index in [1.54, 1.807) is 0 Å². The van der Waals surface area contributed by atoms with Crippen molar-refractivity contribution in [2.24, 2.45) is 0 Å². The van der Waals surface area contributed by atoms with Crippen molar-refractivity contribution in [2.75, 3.05) is 13.2 Å². The highest BCUT2D eigenvalue weighted by Crippen LogP contribution is 2.26. The predicted molar refractivity (Wildman–Crippen MR) is 56.4 cm³/mol. The number of hydrogen-bond donors (Lipinski definition) is 2. The Hall–Kier alpha value is -1.40. The number of H-pyrrole nitrogens is 1. The number of hydrogen-bond acceptors (Lipinski definition) is 4. The number of aromatic amines is 1. The molecule has 6 heteroatoms. The lowest BCUT2D eigenvalue weighted by Crippen LogP contribution is -2.34. The highest BCUT2D eigenvalue weighted by molar-refractivity contribution is 4.90. The number of nitrogens with zero attached hydrogens (tertiary/aromatic N) is 1. The van der Waals surface area contributed by atoms with Gasteiger partial charge in [0.15, 0.2) is 0 Å². The SMILES string of the molecule is O=c1ccn([C@@H]2CCO[C@@H]2CCO)c(=O)[nH]1. The zero-order valence-electron chi connectivity index (χ0n) is 8.76. The van der Waals surface area contributed by atoms with Gasteiger partial charge in [-0.25, -0.2) is 4.79 Å². The Morgan fingerprint density at radius 1 is 1.56 bits per heavy atom. The third-order valence-electron chi connectivity index (χ3n) is 2.80. The van der Waals surface area contributed by atoms with Crippen LogP contribution in [0.2, 0.25) is 0 Å². The minimum atomic E-state index is -0.425. The van der Waals surface area contributed by atoms with Crippen LogP contribution in [0.15, 0.2) is 21.9 Å². The number of nitrogens with one attached hydrogen (secondary N) is 1. The van der Waals surface area contributed by atoms with Gasteiger partial charge >= 0.3 is 5.69 Å². The molecule has 0 spiro atoms. The van der Waals surface area contributed by atoms with E-state index in [1.807, 2.05) is 0 Å². The van der Waals surface area contributed by atoms with E-state index in [1.165, 1.54) is 16.8 Å². The number of rotatable bonds is 3. The van der Waals surface area contributed by atoms with E-state index >= 15 is 0 Å². The van der Waals surface area contributed by atoms with Crippen molar-refractivity contribution in [2.45, 2.75) is 25.0 Å². The zero-order valence-corrected chi connectivity index (χ0v) is 8.76. The molecule has 1 aromatic rings. The Morgan fingerprint density at radius 2 is 2.38 bits per heavy atom. The summed E-state index contributed by atoms with van der Waals surface area (Å²) < 4.78 is 6.90. The largest absolute Gasteiger partial charge is 0.396 e. The van der Waals surface area contributed by atoms with Crippen molar-refractivity contribution in [3.63, 3.8) is 0 Å². The summed E-state index contributed by atoms with van der Waals surface area (Å²) in [5, 5.41) is 8.88. The monoisotopic (exact) mass is 226 g/mol. The fraction of sp³-hybridized carbons (Fsp3) is 0.600. The van der Waals surface area contributed by atoms with Crippen LogP contribution in [0.4, 0.5) is 0 Å². The molecule has 88 valence electrons. The molecule has 1 fully saturated rings. The third kappa shape index (κ3) is 2.07. The maximum Gasteiger partial charge on any atom is 0.328 e. The first-order valence-electron chi connectivity index (χ1n) is 5.26. The molecular formula is C10H14N2O4. The Morgan fingerprint density at radius 3 is 3.06 bits per heavy atom. The van der Waals surface area contributed by atoms with Crippen LogP contribution in [0.3, 0.4) is 0 Å². The fourth-order valence-corrected chi connectivity index (χ4v) is 2.05. The summed E-state index contributed by atoms with van der Waals surface area (Å²) in [5.74, 6) is 0. The van der Waals surface area contributed by atoms with Crippen LogP contribution in [-0.2, 0) is 4.74 Å². The van der Waals surface area contributed by atoms with E-state index in [9.17, 15) is 9.59 Å². The molecule has 0 unspecified atom stereocenters. The first kappa shape index (κ1) is 11.1. The van der Waals surface area contributed by atoms with Crippen LogP contribution in [-0.4, -0.2) is 34.0 Å². The van der Waals surface area contributed by atoms with Crippen molar-refractivity contribution in [1.82, 2.24) is 9.55 Å². The maximum atomic E-state index is 11.6. The average molecular weight is 226 g/mol. The Balaban J connectivity index is 2.29. The molecule has 2 heterocycles. The van der Waals surface area contributed by atoms with Crippen molar-refractivity contribution in [3.05, 3.63) is 33.1 Å². The third-order valence-corrected chi connectivity index (χ3v) is 2.80. The van der Waals surface area contributed by atoms with Crippen LogP contribution in [0.1, 0.15) is 18.9 Å². The van der Waals surface area contributed by atoms with E-state index in [4.69, 9.17) is 9.84 Å². The topological polar surface area (TPSA) is 84.3 Å². The average Bonchev–Trinajstić information content (AvgIpc) is 2.67. The van der Waals surface area contributed by atoms with Gasteiger partial charge in [0.2, 0.25) is 0 Å². The maximum absolute atomic E-state index is 11.6. The molecule has 0 amide bonds. The summed E-state index contributed by atoms with van der Waals surface area (Å²) in [6.07, 6.45) is 2.53. The summed E-state index contributed by atoms with van der Waals surface area (Å²) in [5.41, 5.74) is -0.829. The summed E-state index contributed by atoms with van der Waals surface area (Å²) in [6, 6.07) is 1.21. The number of ether oxygens (including phenoxy) is 1. The second kappa shape index (κ2) is 4.63. The van der Waals surface area contributed by atoms with Crippen LogP contribution < -0.4 is 11.2 Å². The Kier molecular flexibility index (Phi) is 3.21. The number of aliphatic hydroxyl groups excluding tert-OH is 1. The quantitative estimate of drug-likeness (QED) is 0.710. The van der Waals surface area contributed by atoms with E-state index in [-0.39, 0.29) is 18.8 Å². The highest BCUT2D eigenvalue weighted by atomic mass is 16.5. The Bertz CT molecular complexity index is 464. The summed E-state index contributed by atoms with van der Waals surface area (Å²) >= 11 is 0. The normalized spacial score (nSPS) is 24.8. The van der Waals surface area contributed by atoms with Gasteiger partial charge in [0.25, 0.3) is 5.56 Å². The molecule has 0 aromatic carbocycles. The molecule has 1 aromatic heterocycles. The summed E-state index contributed by atoms with van der Waals surface area (Å²) in [7, 11) is 0. The van der Waals surface area contributed by atoms with Crippen LogP contribution in [0.25, 0.3) is 0 Å². The van der Waals surface area contributed by atoms with Crippen molar-refractivity contribution < 1.29 is 9.84 Å². The van der Waals surface area contributed by atoms with Crippen LogP contribution in [0, 0.1) is 0 Å². The van der Waals surface area contributed by atoms with Gasteiger partial charge in [-0.15, -0.1) is 0 Å². The molecule has 2 N–H and O–H groups in total. The molecule has 1 aliphatic rings. The second-order valence-corrected chi connectivity index (χ2v) is 3.79. The van der Waals surface area contributed by atoms with Gasteiger partial charge in [0.05, 0.1) is 12.1 Å². The lowest BCUT2D eigenvalue weighted by Gasteiger charge is -2.19. The van der Waals surface area contributed by atoms with Gasteiger partial charge in [0.1, 0.15) is 0 Å². The molecule has 0 saturated carbocycles. The van der Waals surface area contributed by atoms with Crippen LogP contribution >= 0.6 is 0 Å². The van der Waals surface area contributed by atoms with Gasteiger partial charge in [-0.2, -0.15) is 0 Å². The van der Waals surface area contributed by atoms with E-state index in [0.29, 0.717) is 13.0 Å². The van der Waals surface area contributed by atoms with Gasteiger partial charge < -0.3 is 9.84 Å². The van der Waals surface area contributed by atoms with Crippen LogP contribution in [0.5, 0.6) is 0 Å². The minimum absolute atomic E-state index is 0.0271. The molecular weight excluding hydrogens is 212 g/mol. The molecule has 2 atom stereocenters. The van der Waals surface area contributed by atoms with Crippen molar-refractivity contribution in [1.29, 1.82) is 0 Å². The van der Waals surface area contributed by atoms with Gasteiger partial charge in [-0.3, -0.25) is 14.3 Å². The van der Waals surface area contributed by atoms with E-state index < -0.39 is 11.2 Å². The van der Waals surface area contributed by atoms with Crippen molar-refractivity contribution >= 4 is 0 Å². The molecule has 1 saturated heterocycles. The molecule has 0 radical (unpaired) electrons. The van der Waals surface area contributed by atoms with E-state index in [0.717, 1.165) is 6.42 Å². The number of aromatic nitrogens is 2. The highest BCUT2D eigenvalue weighted by Gasteiger charge is 2.29. The zero-order chi connectivity index (χ0) is 11.5. The summed E-state index contributed by atoms with van der Waals surface area (Å²) in [4.78, 5) is 24.7. The van der Waals surface area contributed by atoms with Gasteiger partial charge in [-0.05, 0) is 12.8 Å². The lowest BCUT2D eigenvalue weighted by molar-refractivity contribution is 0.0684. The minimum Gasteiger partial charge on any atom is -0.396 e. The first-order chi connectivity index (χ1) is 7.72. The number of aliphatic hydroxyl groups is 1. The fourth-order valence-electron chi connectivity index (χ4n) is 2.05. The van der Waals surface area contributed by atoms with Gasteiger partial charge in [0, 0.05) is 25.5 Å².